The van der Waals surface area contributed by atoms with Gasteiger partial charge in [-0.25, -0.2) is 8.78 Å². The van der Waals surface area contributed by atoms with Crippen LogP contribution in [0.5, 0.6) is 0 Å². The molecule has 1 aliphatic heterocycles. The molecular weight excluding hydrogens is 300 g/mol. The second kappa shape index (κ2) is 5.21. The number of rotatable bonds is 1. The fourth-order valence-electron chi connectivity index (χ4n) is 3.39. The van der Waals surface area contributed by atoms with E-state index in [1.807, 2.05) is 0 Å². The van der Waals surface area contributed by atoms with Crippen LogP contribution in [-0.2, 0) is 4.79 Å². The molecule has 114 valence electrons. The van der Waals surface area contributed by atoms with E-state index >= 15 is 0 Å². The first-order valence-corrected chi connectivity index (χ1v) is 7.45. The maximum atomic E-state index is 13.4. The average Bonchev–Trinajstić information content (AvgIpc) is 2.76. The van der Waals surface area contributed by atoms with Gasteiger partial charge in [0.15, 0.2) is 11.6 Å². The lowest BCUT2D eigenvalue weighted by molar-refractivity contribution is -0.128. The monoisotopic (exact) mass is 315 g/mol. The van der Waals surface area contributed by atoms with Gasteiger partial charge in [0.2, 0.25) is 5.91 Å². The zero-order valence-electron chi connectivity index (χ0n) is 11.4. The van der Waals surface area contributed by atoms with Crippen LogP contribution in [0.2, 0.25) is 5.02 Å². The number of amides is 1. The molecular formula is C15H16ClF2NO2. The summed E-state index contributed by atoms with van der Waals surface area (Å²) in [6.07, 6.45) is 2.78. The molecule has 1 amide bonds. The molecule has 2 aliphatic rings. The van der Waals surface area contributed by atoms with Crippen molar-refractivity contribution in [1.29, 1.82) is 0 Å². The number of benzene rings is 1. The van der Waals surface area contributed by atoms with Crippen molar-refractivity contribution in [3.05, 3.63) is 28.8 Å². The van der Waals surface area contributed by atoms with Crippen molar-refractivity contribution >= 4 is 23.2 Å². The second-order valence-electron chi connectivity index (χ2n) is 5.94. The molecule has 0 aromatic heterocycles. The molecule has 1 aliphatic carbocycles. The zero-order chi connectivity index (χ0) is 15.2. The van der Waals surface area contributed by atoms with Crippen molar-refractivity contribution in [2.24, 2.45) is 5.41 Å². The SMILES string of the molecule is O=C1N(c2cc(F)c(F)cc2Cl)CCC12CCC(O)CC2. The third kappa shape index (κ3) is 2.42. The van der Waals surface area contributed by atoms with Crippen LogP contribution in [0.1, 0.15) is 32.1 Å². The number of aliphatic hydroxyl groups excluding tert-OH is 1. The van der Waals surface area contributed by atoms with Gasteiger partial charge in [0.05, 0.1) is 22.2 Å². The Bertz CT molecular complexity index is 585. The summed E-state index contributed by atoms with van der Waals surface area (Å²) in [7, 11) is 0. The van der Waals surface area contributed by atoms with Crippen molar-refractivity contribution in [2.45, 2.75) is 38.2 Å². The maximum absolute atomic E-state index is 13.4. The second-order valence-corrected chi connectivity index (χ2v) is 6.34. The molecule has 3 nitrogen and oxygen atoms in total. The Morgan fingerprint density at radius 2 is 1.81 bits per heavy atom. The van der Waals surface area contributed by atoms with Crippen LogP contribution in [-0.4, -0.2) is 23.7 Å². The van der Waals surface area contributed by atoms with Crippen LogP contribution < -0.4 is 4.90 Å². The molecule has 1 aromatic rings. The molecule has 1 saturated carbocycles. The Kier molecular flexibility index (Phi) is 3.66. The van der Waals surface area contributed by atoms with Crippen molar-refractivity contribution in [3.8, 4) is 0 Å². The van der Waals surface area contributed by atoms with Crippen LogP contribution in [0.4, 0.5) is 14.5 Å². The number of halogens is 3. The third-order valence-corrected chi connectivity index (χ3v) is 5.01. The van der Waals surface area contributed by atoms with Crippen molar-refractivity contribution in [3.63, 3.8) is 0 Å². The highest BCUT2D eigenvalue weighted by molar-refractivity contribution is 6.34. The number of anilines is 1. The van der Waals surface area contributed by atoms with E-state index in [-0.39, 0.29) is 22.7 Å². The van der Waals surface area contributed by atoms with Gasteiger partial charge in [-0.1, -0.05) is 11.6 Å². The molecule has 21 heavy (non-hydrogen) atoms. The van der Waals surface area contributed by atoms with Gasteiger partial charge >= 0.3 is 0 Å². The van der Waals surface area contributed by atoms with E-state index in [1.165, 1.54) is 4.90 Å². The van der Waals surface area contributed by atoms with Crippen molar-refractivity contribution in [2.75, 3.05) is 11.4 Å². The van der Waals surface area contributed by atoms with Gasteiger partial charge in [-0.15, -0.1) is 0 Å². The van der Waals surface area contributed by atoms with Gasteiger partial charge in [-0.3, -0.25) is 4.79 Å². The molecule has 6 heteroatoms. The Labute approximate surface area is 126 Å². The smallest absolute Gasteiger partial charge is 0.233 e. The lowest BCUT2D eigenvalue weighted by Gasteiger charge is -2.33. The molecule has 0 unspecified atom stereocenters. The van der Waals surface area contributed by atoms with Crippen molar-refractivity contribution < 1.29 is 18.7 Å². The van der Waals surface area contributed by atoms with Gasteiger partial charge in [0.1, 0.15) is 0 Å². The van der Waals surface area contributed by atoms with Crippen LogP contribution in [0.25, 0.3) is 0 Å². The van der Waals surface area contributed by atoms with Gasteiger partial charge in [0, 0.05) is 12.6 Å². The first kappa shape index (κ1) is 14.7. The summed E-state index contributed by atoms with van der Waals surface area (Å²) in [5.41, 5.74) is -0.253. The van der Waals surface area contributed by atoms with Crippen molar-refractivity contribution in [1.82, 2.24) is 0 Å². The zero-order valence-corrected chi connectivity index (χ0v) is 12.2. The van der Waals surface area contributed by atoms with E-state index in [0.717, 1.165) is 12.1 Å². The van der Waals surface area contributed by atoms with Crippen LogP contribution in [0.3, 0.4) is 0 Å². The van der Waals surface area contributed by atoms with Gasteiger partial charge in [0.25, 0.3) is 0 Å². The number of carbonyl (C=O) groups is 1. The summed E-state index contributed by atoms with van der Waals surface area (Å²) < 4.78 is 26.6. The van der Waals surface area contributed by atoms with Crippen LogP contribution >= 0.6 is 11.6 Å². The lowest BCUT2D eigenvalue weighted by Crippen LogP contribution is -2.38. The van der Waals surface area contributed by atoms with E-state index in [2.05, 4.69) is 0 Å². The number of hydrogen-bond donors (Lipinski definition) is 1. The molecule has 1 N–H and O–H groups in total. The molecule has 1 heterocycles. The number of aliphatic hydroxyl groups is 1. The minimum atomic E-state index is -1.02. The summed E-state index contributed by atoms with van der Waals surface area (Å²) >= 11 is 5.96. The highest BCUT2D eigenvalue weighted by Gasteiger charge is 2.48. The standard InChI is InChI=1S/C15H16ClF2NO2/c16-10-7-11(17)12(18)8-13(10)19-6-5-15(14(19)21)3-1-9(20)2-4-15/h7-9,20H,1-6H2. The summed E-state index contributed by atoms with van der Waals surface area (Å²) in [6, 6.07) is 1.88. The molecule has 2 fully saturated rings. The molecule has 0 atom stereocenters. The van der Waals surface area contributed by atoms with Gasteiger partial charge in [-0.05, 0) is 38.2 Å². The molecule has 1 aromatic carbocycles. The van der Waals surface area contributed by atoms with E-state index in [0.29, 0.717) is 38.6 Å². The van der Waals surface area contributed by atoms with Crippen LogP contribution in [0.15, 0.2) is 12.1 Å². The summed E-state index contributed by atoms with van der Waals surface area (Å²) in [4.78, 5) is 14.2. The van der Waals surface area contributed by atoms with E-state index < -0.39 is 17.0 Å². The first-order valence-electron chi connectivity index (χ1n) is 7.07. The minimum absolute atomic E-state index is 0.0372. The minimum Gasteiger partial charge on any atom is -0.393 e. The highest BCUT2D eigenvalue weighted by atomic mass is 35.5. The third-order valence-electron chi connectivity index (χ3n) is 4.71. The van der Waals surface area contributed by atoms with Crippen LogP contribution in [0, 0.1) is 17.0 Å². The Balaban J connectivity index is 1.89. The molecule has 1 spiro atoms. The first-order chi connectivity index (χ1) is 9.93. The quantitative estimate of drug-likeness (QED) is 0.808. The fourth-order valence-corrected chi connectivity index (χ4v) is 3.64. The average molecular weight is 316 g/mol. The maximum Gasteiger partial charge on any atom is 0.233 e. The fraction of sp³-hybridized carbons (Fsp3) is 0.533. The summed E-state index contributed by atoms with van der Waals surface area (Å²) in [5.74, 6) is -2.13. The molecule has 0 bridgehead atoms. The number of nitrogens with zero attached hydrogens (tertiary/aromatic N) is 1. The normalized spacial score (nSPS) is 29.4. The predicted octanol–water partition coefficient (Wildman–Crippen LogP) is 3.28. The lowest BCUT2D eigenvalue weighted by atomic mass is 9.72. The van der Waals surface area contributed by atoms with E-state index in [1.54, 1.807) is 0 Å². The Hall–Kier alpha value is -1.20. The van der Waals surface area contributed by atoms with Gasteiger partial charge < -0.3 is 10.0 Å². The van der Waals surface area contributed by atoms with E-state index in [9.17, 15) is 18.7 Å². The largest absolute Gasteiger partial charge is 0.393 e. The number of hydrogen-bond acceptors (Lipinski definition) is 2. The number of carbonyl (C=O) groups excluding carboxylic acids is 1. The van der Waals surface area contributed by atoms with E-state index in [4.69, 9.17) is 11.6 Å². The summed E-state index contributed by atoms with van der Waals surface area (Å²) in [6.45, 7) is 0.444. The predicted molar refractivity (Wildman–Crippen MR) is 75.2 cm³/mol. The Morgan fingerprint density at radius 1 is 1.19 bits per heavy atom. The molecule has 1 saturated heterocycles. The molecule has 0 radical (unpaired) electrons. The Morgan fingerprint density at radius 3 is 2.48 bits per heavy atom. The summed E-state index contributed by atoms with van der Waals surface area (Å²) in [5, 5.41) is 9.63. The topological polar surface area (TPSA) is 40.5 Å². The highest BCUT2D eigenvalue weighted by Crippen LogP contribution is 2.47. The van der Waals surface area contributed by atoms with Gasteiger partial charge in [-0.2, -0.15) is 0 Å². The molecule has 3 rings (SSSR count).